The number of hydrogen-bond donors (Lipinski definition) is 0. The third-order valence-electron chi connectivity index (χ3n) is 1.44. The summed E-state index contributed by atoms with van der Waals surface area (Å²) in [6, 6.07) is 2.05. The second kappa shape index (κ2) is 3.22. The van der Waals surface area contributed by atoms with E-state index in [2.05, 4.69) is 11.1 Å². The zero-order valence-electron chi connectivity index (χ0n) is 7.38. The second-order valence-electron chi connectivity index (χ2n) is 2.78. The van der Waals surface area contributed by atoms with Crippen LogP contribution in [-0.4, -0.2) is 4.98 Å². The lowest BCUT2D eigenvalue weighted by Crippen LogP contribution is -1.84. The lowest BCUT2D eigenvalue weighted by atomic mass is 10.2. The number of aryl methyl sites for hydroxylation is 1. The Labute approximate surface area is 71.3 Å². The molecule has 1 aromatic heterocycles. The Bertz CT molecular complexity index is 351. The quantitative estimate of drug-likeness (QED) is 0.595. The van der Waals surface area contributed by atoms with Gasteiger partial charge in [-0.3, -0.25) is 0 Å². The number of rotatable bonds is 1. The molecule has 12 heavy (non-hydrogen) atoms. The molecular weight excluding hydrogens is 152 g/mol. The van der Waals surface area contributed by atoms with Gasteiger partial charge in [0.25, 0.3) is 0 Å². The Balaban J connectivity index is 3.15. The number of allylic oxidation sites excluding steroid dienone is 2. The summed E-state index contributed by atoms with van der Waals surface area (Å²) in [6.45, 7) is 5.54. The second-order valence-corrected chi connectivity index (χ2v) is 2.78. The summed E-state index contributed by atoms with van der Waals surface area (Å²) in [4.78, 5) is 4.06. The predicted octanol–water partition coefficient (Wildman–Crippen LogP) is 2.30. The molecule has 0 aliphatic rings. The van der Waals surface area contributed by atoms with Gasteiger partial charge in [0, 0.05) is 0 Å². The van der Waals surface area contributed by atoms with Gasteiger partial charge in [-0.25, -0.2) is 4.98 Å². The van der Waals surface area contributed by atoms with Crippen LogP contribution in [0.3, 0.4) is 0 Å². The van der Waals surface area contributed by atoms with Crippen molar-refractivity contribution < 1.29 is 4.42 Å². The first kappa shape index (κ1) is 8.54. The highest BCUT2D eigenvalue weighted by molar-refractivity contribution is 5.73. The van der Waals surface area contributed by atoms with Gasteiger partial charge in [-0.1, -0.05) is 5.57 Å². The summed E-state index contributed by atoms with van der Waals surface area (Å²) in [5, 5.41) is 8.75. The average molecular weight is 162 g/mol. The van der Waals surface area contributed by atoms with Gasteiger partial charge < -0.3 is 4.42 Å². The molecule has 0 aliphatic carbocycles. The molecule has 0 aliphatic heterocycles. The fourth-order valence-electron chi connectivity index (χ4n) is 0.842. The number of oxazole rings is 1. The number of nitrogens with zero attached hydrogens (tertiary/aromatic N) is 2. The summed E-state index contributed by atoms with van der Waals surface area (Å²) in [6.07, 6.45) is 1.54. The molecule has 0 bridgehead atoms. The van der Waals surface area contributed by atoms with Crippen molar-refractivity contribution >= 4 is 5.57 Å². The minimum absolute atomic E-state index is 0.412. The van der Waals surface area contributed by atoms with Crippen molar-refractivity contribution in [3.05, 3.63) is 23.4 Å². The summed E-state index contributed by atoms with van der Waals surface area (Å²) in [5.74, 6) is 0.412. The largest absolute Gasteiger partial charge is 0.444 e. The highest BCUT2D eigenvalue weighted by atomic mass is 16.3. The molecule has 1 aromatic rings. The molecule has 0 fully saturated rings. The molecule has 0 saturated heterocycles. The van der Waals surface area contributed by atoms with Crippen molar-refractivity contribution in [1.29, 1.82) is 5.26 Å². The van der Waals surface area contributed by atoms with Gasteiger partial charge in [-0.2, -0.15) is 5.26 Å². The Morgan fingerprint density at radius 3 is 2.58 bits per heavy atom. The van der Waals surface area contributed by atoms with Crippen LogP contribution in [0.1, 0.15) is 25.4 Å². The van der Waals surface area contributed by atoms with E-state index in [4.69, 9.17) is 9.68 Å². The third-order valence-corrected chi connectivity index (χ3v) is 1.44. The summed E-state index contributed by atoms with van der Waals surface area (Å²) in [5.41, 5.74) is 2.22. The van der Waals surface area contributed by atoms with Crippen molar-refractivity contribution in [2.45, 2.75) is 20.8 Å². The standard InChI is InChI=1S/C9H10N2O/c1-6(2)8(4-10)9-11-7(3)5-12-9/h5H,1-3H3. The van der Waals surface area contributed by atoms with E-state index in [1.165, 1.54) is 6.26 Å². The van der Waals surface area contributed by atoms with E-state index in [-0.39, 0.29) is 0 Å². The smallest absolute Gasteiger partial charge is 0.236 e. The maximum Gasteiger partial charge on any atom is 0.236 e. The van der Waals surface area contributed by atoms with E-state index >= 15 is 0 Å². The van der Waals surface area contributed by atoms with Gasteiger partial charge in [0.2, 0.25) is 5.89 Å². The van der Waals surface area contributed by atoms with Crippen molar-refractivity contribution in [3.63, 3.8) is 0 Å². The molecule has 3 heteroatoms. The van der Waals surface area contributed by atoms with Gasteiger partial charge in [0.15, 0.2) is 0 Å². The van der Waals surface area contributed by atoms with Gasteiger partial charge in [-0.05, 0) is 20.8 Å². The van der Waals surface area contributed by atoms with Crippen LogP contribution < -0.4 is 0 Å². The van der Waals surface area contributed by atoms with E-state index in [9.17, 15) is 0 Å². The molecule has 0 saturated carbocycles. The van der Waals surface area contributed by atoms with Crippen LogP contribution in [0.25, 0.3) is 5.57 Å². The molecule has 0 unspecified atom stereocenters. The van der Waals surface area contributed by atoms with Crippen LogP contribution in [0.4, 0.5) is 0 Å². The minimum Gasteiger partial charge on any atom is -0.444 e. The molecule has 3 nitrogen and oxygen atoms in total. The van der Waals surface area contributed by atoms with E-state index < -0.39 is 0 Å². The van der Waals surface area contributed by atoms with Crippen LogP contribution in [0.5, 0.6) is 0 Å². The minimum atomic E-state index is 0.412. The number of hydrogen-bond acceptors (Lipinski definition) is 3. The Morgan fingerprint density at radius 2 is 2.25 bits per heavy atom. The Hall–Kier alpha value is -1.56. The van der Waals surface area contributed by atoms with Crippen molar-refractivity contribution in [1.82, 2.24) is 4.98 Å². The monoisotopic (exact) mass is 162 g/mol. The van der Waals surface area contributed by atoms with Crippen LogP contribution in [0.2, 0.25) is 0 Å². The summed E-state index contributed by atoms with van der Waals surface area (Å²) in [7, 11) is 0. The highest BCUT2D eigenvalue weighted by Gasteiger charge is 2.08. The molecule has 0 atom stereocenters. The average Bonchev–Trinajstić information content (AvgIpc) is 2.37. The maximum atomic E-state index is 8.75. The molecule has 1 rings (SSSR count). The van der Waals surface area contributed by atoms with Gasteiger partial charge in [-0.15, -0.1) is 0 Å². The molecule has 0 N–H and O–H groups in total. The van der Waals surface area contributed by atoms with Crippen LogP contribution >= 0.6 is 0 Å². The first-order valence-corrected chi connectivity index (χ1v) is 3.65. The normalized spacial score (nSPS) is 9.17. The van der Waals surface area contributed by atoms with E-state index in [0.29, 0.717) is 11.5 Å². The van der Waals surface area contributed by atoms with E-state index in [0.717, 1.165) is 11.3 Å². The molecule has 0 aromatic carbocycles. The highest BCUT2D eigenvalue weighted by Crippen LogP contribution is 2.16. The zero-order chi connectivity index (χ0) is 9.14. The third kappa shape index (κ3) is 1.54. The van der Waals surface area contributed by atoms with Gasteiger partial charge in [0.05, 0.1) is 5.69 Å². The van der Waals surface area contributed by atoms with Crippen molar-refractivity contribution in [2.75, 3.05) is 0 Å². The fraction of sp³-hybridized carbons (Fsp3) is 0.333. The summed E-state index contributed by atoms with van der Waals surface area (Å²) >= 11 is 0. The SMILES string of the molecule is CC(C)=C(C#N)c1nc(C)co1. The number of nitriles is 1. The first-order chi connectivity index (χ1) is 5.65. The number of aromatic nitrogens is 1. The van der Waals surface area contributed by atoms with Crippen LogP contribution in [-0.2, 0) is 0 Å². The van der Waals surface area contributed by atoms with Crippen molar-refractivity contribution in [3.8, 4) is 6.07 Å². The van der Waals surface area contributed by atoms with E-state index in [1.807, 2.05) is 20.8 Å². The maximum absolute atomic E-state index is 8.75. The lowest BCUT2D eigenvalue weighted by Gasteiger charge is -1.92. The molecule has 0 radical (unpaired) electrons. The molecular formula is C9H10N2O. The fourth-order valence-corrected chi connectivity index (χ4v) is 0.842. The van der Waals surface area contributed by atoms with Crippen LogP contribution in [0.15, 0.2) is 16.3 Å². The molecule has 0 spiro atoms. The Kier molecular flexibility index (Phi) is 2.29. The topological polar surface area (TPSA) is 49.8 Å². The Morgan fingerprint density at radius 1 is 1.58 bits per heavy atom. The van der Waals surface area contributed by atoms with E-state index in [1.54, 1.807) is 0 Å². The predicted molar refractivity (Wildman–Crippen MR) is 45.1 cm³/mol. The summed E-state index contributed by atoms with van der Waals surface area (Å²) < 4.78 is 5.09. The molecule has 62 valence electrons. The first-order valence-electron chi connectivity index (χ1n) is 3.65. The van der Waals surface area contributed by atoms with Crippen molar-refractivity contribution in [2.24, 2.45) is 0 Å². The lowest BCUT2D eigenvalue weighted by molar-refractivity contribution is 0.542. The zero-order valence-corrected chi connectivity index (χ0v) is 7.38. The molecule has 0 amide bonds. The molecule has 1 heterocycles. The van der Waals surface area contributed by atoms with Gasteiger partial charge >= 0.3 is 0 Å². The van der Waals surface area contributed by atoms with Gasteiger partial charge in [0.1, 0.15) is 17.9 Å². The van der Waals surface area contributed by atoms with Crippen LogP contribution in [0, 0.1) is 18.3 Å².